The SMILES string of the molecule is [B]C(C)(S)Cc1nc(N)nn2ccc(-c3ccc4nnn(CCF)c4c3)c12. The molecule has 0 amide bonds. The zero-order valence-corrected chi connectivity index (χ0v) is 15.6. The first-order valence-electron chi connectivity index (χ1n) is 8.40. The number of hydrogen-bond acceptors (Lipinski definition) is 6. The predicted molar refractivity (Wildman–Crippen MR) is 107 cm³/mol. The lowest BCUT2D eigenvalue weighted by molar-refractivity contribution is 0.428. The Bertz CT molecular complexity index is 1130. The molecule has 0 fully saturated rings. The highest BCUT2D eigenvalue weighted by Crippen LogP contribution is 2.31. The number of benzene rings is 1. The summed E-state index contributed by atoms with van der Waals surface area (Å²) in [5.41, 5.74) is 10.7. The third-order valence-corrected chi connectivity index (χ3v) is 4.40. The number of rotatable bonds is 5. The number of fused-ring (bicyclic) bond motifs is 2. The number of aromatic nitrogens is 6. The average molecular weight is 381 g/mol. The second kappa shape index (κ2) is 6.52. The van der Waals surface area contributed by atoms with Crippen LogP contribution in [0.5, 0.6) is 0 Å². The molecule has 0 saturated carbocycles. The van der Waals surface area contributed by atoms with Gasteiger partial charge in [-0.3, -0.25) is 0 Å². The molecular weight excluding hydrogens is 364 g/mol. The standard InChI is InChI=1S/C17H17BFN7S/c1-17(18,27)9-13-15-11(4-6-26(15)23-16(20)21-13)10-2-3-12-14(8-10)25(7-5-19)24-22-12/h2-4,6,8,27H,5,7,9H2,1H3,(H2,20,23). The van der Waals surface area contributed by atoms with E-state index in [0.717, 1.165) is 22.2 Å². The van der Waals surface area contributed by atoms with Crippen molar-refractivity contribution in [3.05, 3.63) is 36.2 Å². The molecule has 136 valence electrons. The Kier molecular flexibility index (Phi) is 4.30. The second-order valence-corrected chi connectivity index (χ2v) is 7.70. The van der Waals surface area contributed by atoms with Gasteiger partial charge in [-0.15, -0.1) is 10.2 Å². The van der Waals surface area contributed by atoms with E-state index < -0.39 is 11.3 Å². The molecule has 10 heteroatoms. The summed E-state index contributed by atoms with van der Waals surface area (Å²) in [6, 6.07) is 7.67. The average Bonchev–Trinajstić information content (AvgIpc) is 3.17. The van der Waals surface area contributed by atoms with E-state index in [1.807, 2.05) is 30.5 Å². The molecule has 7 nitrogen and oxygen atoms in total. The number of nitrogen functional groups attached to an aromatic ring is 1. The van der Waals surface area contributed by atoms with Crippen LogP contribution in [-0.2, 0) is 13.0 Å². The molecule has 0 aliphatic rings. The number of hydrogen-bond donors (Lipinski definition) is 2. The van der Waals surface area contributed by atoms with E-state index in [1.165, 1.54) is 0 Å². The van der Waals surface area contributed by atoms with Crippen molar-refractivity contribution in [2.45, 2.75) is 24.5 Å². The van der Waals surface area contributed by atoms with Gasteiger partial charge in [0.1, 0.15) is 12.2 Å². The smallest absolute Gasteiger partial charge is 0.238 e. The minimum absolute atomic E-state index is 0.159. The molecule has 0 bridgehead atoms. The highest BCUT2D eigenvalue weighted by atomic mass is 32.1. The first-order chi connectivity index (χ1) is 12.9. The molecule has 4 rings (SSSR count). The lowest BCUT2D eigenvalue weighted by atomic mass is 9.83. The zero-order chi connectivity index (χ0) is 19.2. The summed E-state index contributed by atoms with van der Waals surface area (Å²) < 4.78 is 15.3. The monoisotopic (exact) mass is 381 g/mol. The Hall–Kier alpha value is -2.62. The van der Waals surface area contributed by atoms with E-state index in [9.17, 15) is 4.39 Å². The van der Waals surface area contributed by atoms with Crippen molar-refractivity contribution in [3.63, 3.8) is 0 Å². The molecule has 0 aliphatic heterocycles. The van der Waals surface area contributed by atoms with Gasteiger partial charge in [0.25, 0.3) is 0 Å². The summed E-state index contributed by atoms with van der Waals surface area (Å²) in [5.74, 6) is 0.165. The Balaban J connectivity index is 1.91. The van der Waals surface area contributed by atoms with Crippen LogP contribution in [0.25, 0.3) is 27.7 Å². The van der Waals surface area contributed by atoms with Crippen LogP contribution in [0, 0.1) is 0 Å². The molecule has 1 unspecified atom stereocenters. The quantitative estimate of drug-likeness (QED) is 0.408. The van der Waals surface area contributed by atoms with Crippen LogP contribution in [-0.4, -0.2) is 48.8 Å². The second-order valence-electron chi connectivity index (χ2n) is 6.68. The van der Waals surface area contributed by atoms with Crippen LogP contribution in [0.1, 0.15) is 12.6 Å². The molecule has 27 heavy (non-hydrogen) atoms. The fourth-order valence-electron chi connectivity index (χ4n) is 3.19. The van der Waals surface area contributed by atoms with E-state index >= 15 is 0 Å². The number of nitrogens with two attached hydrogens (primary N) is 1. The van der Waals surface area contributed by atoms with Gasteiger partial charge in [-0.25, -0.2) is 18.6 Å². The van der Waals surface area contributed by atoms with Gasteiger partial charge in [-0.05, 0) is 34.8 Å². The van der Waals surface area contributed by atoms with Gasteiger partial charge >= 0.3 is 0 Å². The Morgan fingerprint density at radius 3 is 2.89 bits per heavy atom. The van der Waals surface area contributed by atoms with Crippen molar-refractivity contribution >= 4 is 43.0 Å². The van der Waals surface area contributed by atoms with Crippen molar-refractivity contribution in [3.8, 4) is 11.1 Å². The molecule has 2 radical (unpaired) electrons. The van der Waals surface area contributed by atoms with Gasteiger partial charge in [-0.1, -0.05) is 18.2 Å². The lowest BCUT2D eigenvalue weighted by Gasteiger charge is -2.18. The van der Waals surface area contributed by atoms with Crippen molar-refractivity contribution in [2.75, 3.05) is 12.4 Å². The van der Waals surface area contributed by atoms with Crippen LogP contribution < -0.4 is 5.73 Å². The summed E-state index contributed by atoms with van der Waals surface area (Å²) in [6.07, 6.45) is 2.23. The van der Waals surface area contributed by atoms with Gasteiger partial charge in [0.2, 0.25) is 5.95 Å². The first kappa shape index (κ1) is 17.8. The van der Waals surface area contributed by atoms with Crippen LogP contribution in [0.3, 0.4) is 0 Å². The number of aryl methyl sites for hydroxylation is 1. The minimum atomic E-state index is -0.754. The van der Waals surface area contributed by atoms with Gasteiger partial charge < -0.3 is 5.73 Å². The Morgan fingerprint density at radius 2 is 2.15 bits per heavy atom. The number of nitrogens with zero attached hydrogens (tertiary/aromatic N) is 6. The maximum absolute atomic E-state index is 12.8. The first-order valence-corrected chi connectivity index (χ1v) is 8.85. The highest BCUT2D eigenvalue weighted by molar-refractivity contribution is 7.83. The van der Waals surface area contributed by atoms with Crippen LogP contribution >= 0.6 is 12.6 Å². The molecule has 0 aliphatic carbocycles. The summed E-state index contributed by atoms with van der Waals surface area (Å²) >= 11 is 4.42. The molecule has 1 atom stereocenters. The summed E-state index contributed by atoms with van der Waals surface area (Å²) in [7, 11) is 6.08. The molecule has 3 aromatic heterocycles. The van der Waals surface area contributed by atoms with E-state index in [4.69, 9.17) is 13.6 Å². The molecule has 2 N–H and O–H groups in total. The van der Waals surface area contributed by atoms with Gasteiger partial charge in [0, 0.05) is 11.8 Å². The molecule has 3 heterocycles. The van der Waals surface area contributed by atoms with Crippen molar-refractivity contribution in [1.82, 2.24) is 29.6 Å². The van der Waals surface area contributed by atoms with E-state index in [0.29, 0.717) is 17.6 Å². The van der Waals surface area contributed by atoms with E-state index in [-0.39, 0.29) is 12.5 Å². The Labute approximate surface area is 161 Å². The van der Waals surface area contributed by atoms with Crippen LogP contribution in [0.15, 0.2) is 30.5 Å². The number of anilines is 1. The number of halogens is 1. The van der Waals surface area contributed by atoms with Crippen LogP contribution in [0.4, 0.5) is 10.3 Å². The minimum Gasteiger partial charge on any atom is -0.367 e. The maximum Gasteiger partial charge on any atom is 0.238 e. The zero-order valence-electron chi connectivity index (χ0n) is 14.7. The van der Waals surface area contributed by atoms with Crippen molar-refractivity contribution in [2.24, 2.45) is 0 Å². The maximum atomic E-state index is 12.8. The Morgan fingerprint density at radius 1 is 1.33 bits per heavy atom. The summed E-state index contributed by atoms with van der Waals surface area (Å²) in [4.78, 5) is 4.38. The topological polar surface area (TPSA) is 86.9 Å². The van der Waals surface area contributed by atoms with Crippen molar-refractivity contribution in [1.29, 1.82) is 0 Å². The molecule has 1 aromatic carbocycles. The fourth-order valence-corrected chi connectivity index (χ4v) is 3.34. The fraction of sp³-hybridized carbons (Fsp3) is 0.294. The van der Waals surface area contributed by atoms with E-state index in [1.54, 1.807) is 16.1 Å². The third kappa shape index (κ3) is 3.36. The highest BCUT2D eigenvalue weighted by Gasteiger charge is 2.20. The normalized spacial score (nSPS) is 14.0. The molecular formula is C17H17BFN7S. The summed E-state index contributed by atoms with van der Waals surface area (Å²) in [5, 5.41) is 12.3. The predicted octanol–water partition coefficient (Wildman–Crippen LogP) is 2.05. The van der Waals surface area contributed by atoms with Gasteiger partial charge in [-0.2, -0.15) is 12.6 Å². The summed E-state index contributed by atoms with van der Waals surface area (Å²) in [6.45, 7) is 1.46. The number of thiol groups is 1. The van der Waals surface area contributed by atoms with Gasteiger partial charge in [0.15, 0.2) is 0 Å². The third-order valence-electron chi connectivity index (χ3n) is 4.25. The molecule has 4 aromatic rings. The molecule has 0 saturated heterocycles. The lowest BCUT2D eigenvalue weighted by Crippen LogP contribution is -2.22. The van der Waals surface area contributed by atoms with Crippen molar-refractivity contribution < 1.29 is 4.39 Å². The molecule has 0 spiro atoms. The van der Waals surface area contributed by atoms with E-state index in [2.05, 4.69) is 33.0 Å². The largest absolute Gasteiger partial charge is 0.367 e. The van der Waals surface area contributed by atoms with Crippen LogP contribution in [0.2, 0.25) is 0 Å². The van der Waals surface area contributed by atoms with Gasteiger partial charge in [0.05, 0.1) is 31.1 Å². The number of alkyl halides is 1.